The SMILES string of the molecule is Fc1cc2nc(-c3ccc(-c4ccc(-c5ccc(-c6ccccn6)nc5-c5ccc(-c6ccc(-c7nc8cc(F)c(F)cc8o7)cc6)cc5)cc4)cc3)oc2cc1F. The quantitative estimate of drug-likeness (QED) is 0.150. The van der Waals surface area contributed by atoms with E-state index in [1.54, 1.807) is 6.20 Å². The van der Waals surface area contributed by atoms with E-state index in [0.717, 1.165) is 80.3 Å². The van der Waals surface area contributed by atoms with Crippen molar-refractivity contribution < 1.29 is 26.4 Å². The fourth-order valence-corrected chi connectivity index (χ4v) is 6.94. The first-order valence-electron chi connectivity index (χ1n) is 18.2. The van der Waals surface area contributed by atoms with E-state index in [9.17, 15) is 17.6 Å². The van der Waals surface area contributed by atoms with Crippen molar-refractivity contribution in [3.63, 3.8) is 0 Å². The van der Waals surface area contributed by atoms with Gasteiger partial charge in [0.1, 0.15) is 11.0 Å². The number of pyridine rings is 2. The molecule has 278 valence electrons. The van der Waals surface area contributed by atoms with Crippen LogP contribution in [0.15, 0.2) is 167 Å². The maximum absolute atomic E-state index is 13.7. The van der Waals surface area contributed by atoms with Gasteiger partial charge in [-0.3, -0.25) is 4.98 Å². The van der Waals surface area contributed by atoms with Crippen molar-refractivity contribution in [2.45, 2.75) is 0 Å². The minimum Gasteiger partial charge on any atom is -0.436 e. The molecule has 0 saturated heterocycles. The Balaban J connectivity index is 0.931. The average Bonchev–Trinajstić information content (AvgIpc) is 3.88. The molecule has 0 aliphatic carbocycles. The summed E-state index contributed by atoms with van der Waals surface area (Å²) in [6, 6.07) is 45.5. The van der Waals surface area contributed by atoms with Crippen LogP contribution in [0.5, 0.6) is 0 Å². The number of benzene rings is 6. The number of oxazole rings is 2. The highest BCUT2D eigenvalue weighted by molar-refractivity contribution is 5.85. The summed E-state index contributed by atoms with van der Waals surface area (Å²) in [7, 11) is 0. The normalized spacial score (nSPS) is 11.4. The molecule has 0 saturated carbocycles. The van der Waals surface area contributed by atoms with Crippen molar-refractivity contribution in [2.75, 3.05) is 0 Å². The van der Waals surface area contributed by atoms with Gasteiger partial charge in [0, 0.05) is 52.7 Å². The smallest absolute Gasteiger partial charge is 0.227 e. The Hall–Kier alpha value is -7.72. The second-order valence-corrected chi connectivity index (χ2v) is 13.6. The molecule has 4 aromatic heterocycles. The Morgan fingerprint density at radius 2 is 0.793 bits per heavy atom. The van der Waals surface area contributed by atoms with Crippen LogP contribution in [0.25, 0.3) is 101 Å². The third-order valence-corrected chi connectivity index (χ3v) is 9.97. The maximum Gasteiger partial charge on any atom is 0.227 e. The predicted molar refractivity (Wildman–Crippen MR) is 215 cm³/mol. The molecule has 10 rings (SSSR count). The lowest BCUT2D eigenvalue weighted by atomic mass is 9.95. The fourth-order valence-electron chi connectivity index (χ4n) is 6.94. The van der Waals surface area contributed by atoms with Crippen molar-refractivity contribution in [2.24, 2.45) is 0 Å². The monoisotopic (exact) mass is 766 g/mol. The molecule has 0 aliphatic heterocycles. The Morgan fingerprint density at radius 3 is 1.26 bits per heavy atom. The highest BCUT2D eigenvalue weighted by Gasteiger charge is 2.16. The number of nitrogens with zero attached hydrogens (tertiary/aromatic N) is 4. The molecule has 0 bridgehead atoms. The topological polar surface area (TPSA) is 77.8 Å². The van der Waals surface area contributed by atoms with Gasteiger partial charge in [0.15, 0.2) is 34.4 Å². The summed E-state index contributed by atoms with van der Waals surface area (Å²) in [6.45, 7) is 0. The van der Waals surface area contributed by atoms with E-state index in [1.165, 1.54) is 0 Å². The summed E-state index contributed by atoms with van der Waals surface area (Å²) in [5.74, 6) is -3.38. The van der Waals surface area contributed by atoms with Crippen LogP contribution in [0, 0.1) is 23.3 Å². The molecular formula is C48H26F4N4O2. The van der Waals surface area contributed by atoms with Crippen molar-refractivity contribution in [3.05, 3.63) is 181 Å². The van der Waals surface area contributed by atoms with Crippen LogP contribution in [0.2, 0.25) is 0 Å². The van der Waals surface area contributed by atoms with Gasteiger partial charge >= 0.3 is 0 Å². The van der Waals surface area contributed by atoms with Crippen LogP contribution in [0.1, 0.15) is 0 Å². The largest absolute Gasteiger partial charge is 0.436 e. The number of halogens is 4. The molecular weight excluding hydrogens is 741 g/mol. The number of aromatic nitrogens is 4. The molecule has 6 nitrogen and oxygen atoms in total. The summed E-state index contributed by atoms with van der Waals surface area (Å²) in [4.78, 5) is 18.3. The Bertz CT molecular complexity index is 3050. The minimum absolute atomic E-state index is 0.176. The molecule has 10 heteroatoms. The van der Waals surface area contributed by atoms with Crippen molar-refractivity contribution >= 4 is 22.2 Å². The van der Waals surface area contributed by atoms with E-state index >= 15 is 0 Å². The zero-order valence-corrected chi connectivity index (χ0v) is 30.1. The van der Waals surface area contributed by atoms with E-state index in [-0.39, 0.29) is 34.0 Å². The third kappa shape index (κ3) is 6.46. The van der Waals surface area contributed by atoms with Gasteiger partial charge in [0.05, 0.1) is 17.1 Å². The molecule has 10 aromatic rings. The molecule has 0 atom stereocenters. The first-order valence-corrected chi connectivity index (χ1v) is 18.2. The van der Waals surface area contributed by atoms with Crippen molar-refractivity contribution in [1.29, 1.82) is 0 Å². The minimum atomic E-state index is -0.987. The highest BCUT2D eigenvalue weighted by Crippen LogP contribution is 2.36. The lowest BCUT2D eigenvalue weighted by molar-refractivity contribution is 0.507. The molecule has 6 aromatic carbocycles. The molecule has 58 heavy (non-hydrogen) atoms. The summed E-state index contributed by atoms with van der Waals surface area (Å²) >= 11 is 0. The van der Waals surface area contributed by atoms with Gasteiger partial charge in [0.25, 0.3) is 0 Å². The average molecular weight is 767 g/mol. The molecule has 0 radical (unpaired) electrons. The van der Waals surface area contributed by atoms with Gasteiger partial charge in [-0.25, -0.2) is 32.5 Å². The number of fused-ring (bicyclic) bond motifs is 2. The molecule has 0 spiro atoms. The van der Waals surface area contributed by atoms with E-state index < -0.39 is 23.3 Å². The van der Waals surface area contributed by atoms with Crippen molar-refractivity contribution in [3.8, 4) is 78.9 Å². The van der Waals surface area contributed by atoms with Gasteiger partial charge in [-0.2, -0.15) is 0 Å². The van der Waals surface area contributed by atoms with Crippen LogP contribution < -0.4 is 0 Å². The Kier molecular flexibility index (Phi) is 8.44. The maximum atomic E-state index is 13.7. The number of hydrogen-bond acceptors (Lipinski definition) is 6. The molecule has 0 fully saturated rings. The first-order chi connectivity index (χ1) is 28.3. The standard InChI is InChI=1S/C48H26F4N4O2/c49-36-23-42-44(25-38(36)51)57-47(55-42)33-16-8-29(9-17-33)27-4-12-31(13-5-27)35-20-21-41(40-3-1-2-22-53-40)54-46(35)32-14-6-28(7-15-32)30-10-18-34(19-11-30)48-56-43-24-37(50)39(52)26-45(43)58-48/h1-26H. The second kappa shape index (κ2) is 14.1. The lowest BCUT2D eigenvalue weighted by Crippen LogP contribution is -1.94. The lowest BCUT2D eigenvalue weighted by Gasteiger charge is -2.13. The van der Waals surface area contributed by atoms with Crippen molar-refractivity contribution in [1.82, 2.24) is 19.9 Å². The van der Waals surface area contributed by atoms with Crippen LogP contribution in [0.4, 0.5) is 17.6 Å². The summed E-state index contributed by atoms with van der Waals surface area (Å²) in [5, 5.41) is 0. The predicted octanol–water partition coefficient (Wildman–Crippen LogP) is 13.0. The van der Waals surface area contributed by atoms with Gasteiger partial charge in [0.2, 0.25) is 11.8 Å². The van der Waals surface area contributed by atoms with Crippen LogP contribution in [-0.2, 0) is 0 Å². The number of rotatable bonds is 7. The number of hydrogen-bond donors (Lipinski definition) is 0. The van der Waals surface area contributed by atoms with E-state index in [1.807, 2.05) is 97.1 Å². The van der Waals surface area contributed by atoms with Crippen LogP contribution >= 0.6 is 0 Å². The molecule has 4 heterocycles. The van der Waals surface area contributed by atoms with Gasteiger partial charge in [-0.05, 0) is 76.3 Å². The van der Waals surface area contributed by atoms with Crippen LogP contribution in [0.3, 0.4) is 0 Å². The molecule has 0 unspecified atom stereocenters. The fraction of sp³-hybridized carbons (Fsp3) is 0. The molecule has 0 amide bonds. The van der Waals surface area contributed by atoms with Crippen LogP contribution in [-0.4, -0.2) is 19.9 Å². The zero-order valence-electron chi connectivity index (χ0n) is 30.1. The summed E-state index contributed by atoms with van der Waals surface area (Å²) in [6.07, 6.45) is 1.75. The van der Waals surface area contributed by atoms with Gasteiger partial charge in [-0.15, -0.1) is 0 Å². The van der Waals surface area contributed by atoms with Gasteiger partial charge in [-0.1, -0.05) is 78.9 Å². The van der Waals surface area contributed by atoms with E-state index in [0.29, 0.717) is 11.1 Å². The molecule has 0 N–H and O–H groups in total. The summed E-state index contributed by atoms with van der Waals surface area (Å²) in [5.41, 5.74) is 11.3. The zero-order chi connectivity index (χ0) is 39.3. The third-order valence-electron chi connectivity index (χ3n) is 9.97. The van der Waals surface area contributed by atoms with E-state index in [4.69, 9.17) is 13.8 Å². The highest BCUT2D eigenvalue weighted by atomic mass is 19.2. The van der Waals surface area contributed by atoms with E-state index in [2.05, 4.69) is 45.3 Å². The van der Waals surface area contributed by atoms with Gasteiger partial charge < -0.3 is 8.83 Å². The Morgan fingerprint density at radius 1 is 0.362 bits per heavy atom. The summed E-state index contributed by atoms with van der Waals surface area (Å²) < 4.78 is 66.3. The second-order valence-electron chi connectivity index (χ2n) is 13.6. The first kappa shape index (κ1) is 34.7. The Labute approximate surface area is 327 Å². The molecule has 0 aliphatic rings.